The molecule has 0 amide bonds. The van der Waals surface area contributed by atoms with Gasteiger partial charge in [-0.1, -0.05) is 114 Å². The summed E-state index contributed by atoms with van der Waals surface area (Å²) in [6.45, 7) is 8.75. The fourth-order valence-electron chi connectivity index (χ4n) is 4.58. The first-order chi connectivity index (χ1) is 17.1. The molecule has 7 heteroatoms. The average Bonchev–Trinajstić information content (AvgIpc) is 2.90. The first kappa shape index (κ1) is 28.9. The standard InChI is InChI=1S/C28H34IN3.2ClH.Fe/c1-28(17-18-31(28)22-26-13-7-3-8-14-26)32(23-27-15-9-4-10-16-27)20-19-30(24-29)21-25-11-5-2-6-12-25;;;/h2-16H,17-24H2,1H3;2*1H;/q;;;+2/p-2. The number of hydrogen-bond acceptors (Lipinski definition) is 3. The number of benzene rings is 3. The minimum absolute atomic E-state index is 0.0926. The van der Waals surface area contributed by atoms with Crippen molar-refractivity contribution < 1.29 is 13.1 Å². The number of likely N-dealkylation sites (tertiary alicyclic amines) is 1. The third-order valence-corrected chi connectivity index (χ3v) is 7.72. The average molecular weight is 666 g/mol. The van der Waals surface area contributed by atoms with E-state index in [-0.39, 0.29) is 18.8 Å². The van der Waals surface area contributed by atoms with Crippen LogP contribution in [0.5, 0.6) is 0 Å². The van der Waals surface area contributed by atoms with Crippen molar-refractivity contribution in [3.63, 3.8) is 0 Å². The van der Waals surface area contributed by atoms with Gasteiger partial charge in [0.15, 0.2) is 0 Å². The summed E-state index contributed by atoms with van der Waals surface area (Å²) in [5.41, 5.74) is 4.27. The van der Waals surface area contributed by atoms with E-state index in [2.05, 4.69) is 135 Å². The summed E-state index contributed by atoms with van der Waals surface area (Å²) in [5, 5.41) is 0. The zero-order valence-electron chi connectivity index (χ0n) is 20.1. The summed E-state index contributed by atoms with van der Waals surface area (Å²) in [6.07, 6.45) is 1.22. The molecule has 190 valence electrons. The van der Waals surface area contributed by atoms with E-state index in [0.29, 0.717) is 0 Å². The minimum atomic E-state index is 0.0926. The molecule has 1 aliphatic heterocycles. The summed E-state index contributed by atoms with van der Waals surface area (Å²) in [5.74, 6) is 0. The van der Waals surface area contributed by atoms with Gasteiger partial charge in [0, 0.05) is 39.3 Å². The second-order valence-electron chi connectivity index (χ2n) is 8.99. The van der Waals surface area contributed by atoms with Gasteiger partial charge in [-0.15, -0.1) is 0 Å². The summed E-state index contributed by atoms with van der Waals surface area (Å²) >= 11 is 2.70. The van der Waals surface area contributed by atoms with Crippen LogP contribution in [0.1, 0.15) is 30.0 Å². The van der Waals surface area contributed by atoms with Gasteiger partial charge in [-0.2, -0.15) is 0 Å². The Bertz CT molecular complexity index is 968. The van der Waals surface area contributed by atoms with Crippen LogP contribution in [0.2, 0.25) is 0 Å². The zero-order chi connectivity index (χ0) is 24.9. The summed E-state index contributed by atoms with van der Waals surface area (Å²) < 4.78 is 1.04. The Morgan fingerprint density at radius 3 is 1.74 bits per heavy atom. The molecule has 1 unspecified atom stereocenters. The van der Waals surface area contributed by atoms with E-state index in [0.717, 1.165) is 43.8 Å². The van der Waals surface area contributed by atoms with E-state index in [4.69, 9.17) is 20.2 Å². The van der Waals surface area contributed by atoms with Crippen LogP contribution in [0.25, 0.3) is 0 Å². The van der Waals surface area contributed by atoms with Crippen LogP contribution < -0.4 is 0 Å². The molecular weight excluding hydrogens is 632 g/mol. The van der Waals surface area contributed by atoms with E-state index in [1.165, 1.54) is 23.1 Å². The molecule has 1 fully saturated rings. The SMILES string of the molecule is CC1(N(CCN(CI)Cc2ccccc2)Cc2ccccc2)CCN1Cc1ccccc1.[Cl][Fe][Cl]. The van der Waals surface area contributed by atoms with Gasteiger partial charge in [-0.05, 0) is 30.0 Å². The van der Waals surface area contributed by atoms with Gasteiger partial charge in [-0.25, -0.2) is 0 Å². The molecule has 4 rings (SSSR count). The molecule has 3 nitrogen and oxygen atoms in total. The van der Waals surface area contributed by atoms with Crippen molar-refractivity contribution in [2.24, 2.45) is 0 Å². The fraction of sp³-hybridized carbons (Fsp3) is 0.357. The summed E-state index contributed by atoms with van der Waals surface area (Å²) in [6, 6.07) is 32.7. The Kier molecular flexibility index (Phi) is 12.9. The molecule has 0 bridgehead atoms. The molecule has 1 atom stereocenters. The van der Waals surface area contributed by atoms with Crippen molar-refractivity contribution >= 4 is 42.8 Å². The second kappa shape index (κ2) is 15.6. The van der Waals surface area contributed by atoms with Crippen molar-refractivity contribution in [1.29, 1.82) is 0 Å². The van der Waals surface area contributed by atoms with E-state index in [1.807, 2.05) is 0 Å². The van der Waals surface area contributed by atoms with Crippen LogP contribution in [0.4, 0.5) is 0 Å². The van der Waals surface area contributed by atoms with Gasteiger partial charge >= 0.3 is 33.3 Å². The van der Waals surface area contributed by atoms with Gasteiger partial charge < -0.3 is 0 Å². The van der Waals surface area contributed by atoms with Crippen molar-refractivity contribution in [1.82, 2.24) is 14.7 Å². The summed E-state index contributed by atoms with van der Waals surface area (Å²) in [4.78, 5) is 7.91. The Balaban J connectivity index is 0.00000108. The molecule has 0 aromatic heterocycles. The molecule has 0 saturated carbocycles. The number of hydrogen-bond donors (Lipinski definition) is 0. The molecule has 3 aromatic rings. The van der Waals surface area contributed by atoms with Crippen molar-refractivity contribution in [2.45, 2.75) is 38.6 Å². The van der Waals surface area contributed by atoms with Crippen LogP contribution in [0.3, 0.4) is 0 Å². The first-order valence-electron chi connectivity index (χ1n) is 11.8. The zero-order valence-corrected chi connectivity index (χ0v) is 24.9. The first-order valence-corrected chi connectivity index (χ1v) is 16.4. The topological polar surface area (TPSA) is 9.72 Å². The van der Waals surface area contributed by atoms with Crippen LogP contribution >= 0.6 is 42.8 Å². The van der Waals surface area contributed by atoms with E-state index in [9.17, 15) is 0 Å². The van der Waals surface area contributed by atoms with Gasteiger partial charge in [0.2, 0.25) is 0 Å². The molecular formula is C28H34Cl2FeIN3. The number of alkyl halides is 1. The van der Waals surface area contributed by atoms with Gasteiger partial charge in [0.25, 0.3) is 0 Å². The molecule has 0 aliphatic carbocycles. The molecule has 1 aliphatic rings. The van der Waals surface area contributed by atoms with E-state index >= 15 is 0 Å². The Hall–Kier alpha value is -0.631. The third-order valence-electron chi connectivity index (χ3n) is 6.75. The Morgan fingerprint density at radius 1 is 0.800 bits per heavy atom. The molecule has 0 radical (unpaired) electrons. The van der Waals surface area contributed by atoms with Crippen LogP contribution in [-0.2, 0) is 32.8 Å². The summed E-state index contributed by atoms with van der Waals surface area (Å²) in [7, 11) is 9.53. The monoisotopic (exact) mass is 665 g/mol. The van der Waals surface area contributed by atoms with Gasteiger partial charge in [-0.3, -0.25) is 14.7 Å². The van der Waals surface area contributed by atoms with Crippen molar-refractivity contribution in [3.8, 4) is 0 Å². The maximum absolute atomic E-state index is 4.76. The van der Waals surface area contributed by atoms with E-state index in [1.54, 1.807) is 0 Å². The molecule has 3 aromatic carbocycles. The molecule has 0 spiro atoms. The predicted molar refractivity (Wildman–Crippen MR) is 154 cm³/mol. The molecule has 1 heterocycles. The second-order valence-corrected chi connectivity index (χ2v) is 11.5. The Morgan fingerprint density at radius 2 is 1.29 bits per heavy atom. The van der Waals surface area contributed by atoms with Crippen LogP contribution in [0.15, 0.2) is 91.0 Å². The van der Waals surface area contributed by atoms with Gasteiger partial charge in [0.05, 0.1) is 10.2 Å². The fourth-order valence-corrected chi connectivity index (χ4v) is 5.17. The van der Waals surface area contributed by atoms with Gasteiger partial charge in [0.1, 0.15) is 0 Å². The quantitative estimate of drug-likeness (QED) is 0.0916. The van der Waals surface area contributed by atoms with Crippen LogP contribution in [0, 0.1) is 0 Å². The third kappa shape index (κ3) is 9.01. The number of rotatable bonds is 11. The van der Waals surface area contributed by atoms with Crippen molar-refractivity contribution in [2.75, 3.05) is 24.2 Å². The number of nitrogens with zero attached hydrogens (tertiary/aromatic N) is 3. The molecule has 0 N–H and O–H groups in total. The van der Waals surface area contributed by atoms with E-state index < -0.39 is 0 Å². The predicted octanol–water partition coefficient (Wildman–Crippen LogP) is 7.38. The molecule has 35 heavy (non-hydrogen) atoms. The van der Waals surface area contributed by atoms with Crippen molar-refractivity contribution in [3.05, 3.63) is 108 Å². The maximum atomic E-state index is 4.76. The Labute approximate surface area is 239 Å². The normalized spacial score (nSPS) is 17.8. The van der Waals surface area contributed by atoms with Crippen LogP contribution in [-0.4, -0.2) is 44.5 Å². The molecule has 1 saturated heterocycles. The number of halogens is 3.